The first-order valence-electron chi connectivity index (χ1n) is 21.8. The highest BCUT2D eigenvalue weighted by molar-refractivity contribution is 6.33. The molecule has 1 heteroatoms. The smallest absolute Gasteiger partial charge is 0.0473 e. The SMILES string of the molecule is c1ccc(-c2cc(-c3ccccc3)c3c4ccccc4c4cc(N(c5ccc6ccccc6c5)c5cc6ccc7cccc8ccc(c5)c6c78)ccc4c3c2-c2ccccc2)cc1. The van der Waals surface area contributed by atoms with Gasteiger partial charge in [-0.1, -0.05) is 194 Å². The van der Waals surface area contributed by atoms with Crippen LogP contribution >= 0.6 is 0 Å². The molecular weight excluding hydrogens is 759 g/mol. The Bertz CT molecular complexity index is 3830. The van der Waals surface area contributed by atoms with E-state index in [1.807, 2.05) is 0 Å². The fourth-order valence-corrected chi connectivity index (χ4v) is 10.5. The highest BCUT2D eigenvalue weighted by Gasteiger charge is 2.23. The molecule has 0 aliphatic carbocycles. The summed E-state index contributed by atoms with van der Waals surface area (Å²) >= 11 is 0. The number of rotatable bonds is 6. The fraction of sp³-hybridized carbons (Fsp3) is 0. The standard InChI is InChI=1S/C62H39N/c1-4-16-41(17-5-1)55-39-56(42-18-6-2-7-19-42)61-53-26-13-12-25-52(53)57-38-50(33-34-54(57)62(61)60(55)43-20-8-3-9-21-43)63(49-32-31-40-15-10-11-22-46(40)35-49)51-36-47-29-27-44-23-14-24-45-28-30-48(37-51)59(47)58(44)45/h1-39H. The van der Waals surface area contributed by atoms with Gasteiger partial charge in [-0.3, -0.25) is 0 Å². The normalized spacial score (nSPS) is 11.8. The van der Waals surface area contributed by atoms with Gasteiger partial charge < -0.3 is 4.90 Å². The van der Waals surface area contributed by atoms with Crippen LogP contribution in [-0.4, -0.2) is 0 Å². The maximum Gasteiger partial charge on any atom is 0.0473 e. The zero-order chi connectivity index (χ0) is 41.4. The van der Waals surface area contributed by atoms with Crippen molar-refractivity contribution in [3.63, 3.8) is 0 Å². The summed E-state index contributed by atoms with van der Waals surface area (Å²) < 4.78 is 0. The molecule has 0 saturated heterocycles. The third kappa shape index (κ3) is 5.64. The van der Waals surface area contributed by atoms with Crippen LogP contribution in [-0.2, 0) is 0 Å². The first-order chi connectivity index (χ1) is 31.2. The van der Waals surface area contributed by atoms with E-state index in [4.69, 9.17) is 0 Å². The van der Waals surface area contributed by atoms with Crippen LogP contribution in [0.3, 0.4) is 0 Å². The van der Waals surface area contributed by atoms with E-state index in [0.29, 0.717) is 0 Å². The van der Waals surface area contributed by atoms with Crippen LogP contribution in [0.25, 0.3) is 109 Å². The average Bonchev–Trinajstić information content (AvgIpc) is 3.36. The highest BCUT2D eigenvalue weighted by Crippen LogP contribution is 2.50. The van der Waals surface area contributed by atoms with Crippen LogP contribution in [0.4, 0.5) is 17.1 Å². The molecule has 1 nitrogen and oxygen atoms in total. The van der Waals surface area contributed by atoms with Crippen molar-refractivity contribution in [3.8, 4) is 33.4 Å². The first-order valence-corrected chi connectivity index (χ1v) is 21.8. The number of fused-ring (bicyclic) bond motifs is 7. The molecule has 13 aromatic carbocycles. The van der Waals surface area contributed by atoms with Gasteiger partial charge in [-0.2, -0.15) is 0 Å². The molecule has 0 aliphatic rings. The van der Waals surface area contributed by atoms with E-state index in [-0.39, 0.29) is 0 Å². The van der Waals surface area contributed by atoms with Crippen molar-refractivity contribution in [2.24, 2.45) is 0 Å². The Hall–Kier alpha value is -8.26. The van der Waals surface area contributed by atoms with Gasteiger partial charge in [-0.15, -0.1) is 0 Å². The quantitative estimate of drug-likeness (QED) is 0.152. The van der Waals surface area contributed by atoms with Gasteiger partial charge in [0.05, 0.1) is 0 Å². The predicted octanol–water partition coefficient (Wildman–Crippen LogP) is 17.7. The summed E-state index contributed by atoms with van der Waals surface area (Å²) in [5.74, 6) is 0. The topological polar surface area (TPSA) is 3.24 Å². The van der Waals surface area contributed by atoms with Gasteiger partial charge in [0, 0.05) is 17.1 Å². The monoisotopic (exact) mass is 797 g/mol. The van der Waals surface area contributed by atoms with Gasteiger partial charge in [-0.05, 0) is 151 Å². The summed E-state index contributed by atoms with van der Waals surface area (Å²) in [6.45, 7) is 0. The van der Waals surface area contributed by atoms with E-state index >= 15 is 0 Å². The Morgan fingerprint density at radius 3 is 1.40 bits per heavy atom. The van der Waals surface area contributed by atoms with Gasteiger partial charge >= 0.3 is 0 Å². The van der Waals surface area contributed by atoms with Crippen LogP contribution in [0.1, 0.15) is 0 Å². The average molecular weight is 798 g/mol. The Morgan fingerprint density at radius 1 is 0.222 bits per heavy atom. The van der Waals surface area contributed by atoms with Crippen LogP contribution in [0.5, 0.6) is 0 Å². The number of nitrogens with zero attached hydrogens (tertiary/aromatic N) is 1. The summed E-state index contributed by atoms with van der Waals surface area (Å²) in [6, 6.07) is 87.6. The summed E-state index contributed by atoms with van der Waals surface area (Å²) in [4.78, 5) is 2.47. The molecule has 0 saturated carbocycles. The molecule has 0 amide bonds. The molecule has 0 unspecified atom stereocenters. The predicted molar refractivity (Wildman–Crippen MR) is 271 cm³/mol. The maximum atomic E-state index is 2.47. The lowest BCUT2D eigenvalue weighted by Gasteiger charge is -2.28. The largest absolute Gasteiger partial charge is 0.310 e. The lowest BCUT2D eigenvalue weighted by molar-refractivity contribution is 1.30. The third-order valence-electron chi connectivity index (χ3n) is 13.3. The van der Waals surface area contributed by atoms with E-state index in [1.54, 1.807) is 0 Å². The number of anilines is 3. The van der Waals surface area contributed by atoms with Crippen LogP contribution in [0.2, 0.25) is 0 Å². The van der Waals surface area contributed by atoms with Gasteiger partial charge in [0.25, 0.3) is 0 Å². The Labute approximate surface area is 365 Å². The molecule has 0 bridgehead atoms. The molecular formula is C62H39N. The molecule has 0 aromatic heterocycles. The van der Waals surface area contributed by atoms with Crippen LogP contribution in [0, 0.1) is 0 Å². The van der Waals surface area contributed by atoms with Crippen molar-refractivity contribution in [1.29, 1.82) is 0 Å². The Kier molecular flexibility index (Phi) is 7.98. The molecule has 0 atom stereocenters. The molecule has 0 spiro atoms. The first kappa shape index (κ1) is 35.5. The van der Waals surface area contributed by atoms with Crippen molar-refractivity contribution >= 4 is 92.5 Å². The summed E-state index contributed by atoms with van der Waals surface area (Å²) in [5, 5.41) is 17.6. The molecule has 0 fully saturated rings. The molecule has 0 aliphatic heterocycles. The van der Waals surface area contributed by atoms with E-state index in [0.717, 1.165) is 17.1 Å². The van der Waals surface area contributed by atoms with Gasteiger partial charge in [0.1, 0.15) is 0 Å². The Balaban J connectivity index is 1.15. The third-order valence-corrected chi connectivity index (χ3v) is 13.3. The summed E-state index contributed by atoms with van der Waals surface area (Å²) in [6.07, 6.45) is 0. The molecule has 0 heterocycles. The Morgan fingerprint density at radius 2 is 0.698 bits per heavy atom. The van der Waals surface area contributed by atoms with Crippen molar-refractivity contribution in [1.82, 2.24) is 0 Å². The van der Waals surface area contributed by atoms with E-state index < -0.39 is 0 Å². The minimum absolute atomic E-state index is 1.11. The molecule has 0 radical (unpaired) electrons. The molecule has 0 N–H and O–H groups in total. The van der Waals surface area contributed by atoms with Crippen LogP contribution < -0.4 is 4.90 Å². The van der Waals surface area contributed by atoms with Crippen molar-refractivity contribution in [2.45, 2.75) is 0 Å². The second-order valence-electron chi connectivity index (χ2n) is 16.8. The van der Waals surface area contributed by atoms with Crippen molar-refractivity contribution in [3.05, 3.63) is 237 Å². The molecule has 13 rings (SSSR count). The zero-order valence-electron chi connectivity index (χ0n) is 34.5. The lowest BCUT2D eigenvalue weighted by atomic mass is 9.81. The number of hydrogen-bond acceptors (Lipinski definition) is 1. The molecule has 13 aromatic rings. The zero-order valence-corrected chi connectivity index (χ0v) is 34.5. The summed E-state index contributed by atoms with van der Waals surface area (Å²) in [7, 11) is 0. The highest BCUT2D eigenvalue weighted by atomic mass is 15.1. The second-order valence-corrected chi connectivity index (χ2v) is 16.8. The van der Waals surface area contributed by atoms with Gasteiger partial charge in [-0.25, -0.2) is 0 Å². The fourth-order valence-electron chi connectivity index (χ4n) is 10.5. The van der Waals surface area contributed by atoms with Crippen LogP contribution in [0.15, 0.2) is 237 Å². The molecule has 63 heavy (non-hydrogen) atoms. The minimum atomic E-state index is 1.11. The molecule has 292 valence electrons. The number of benzene rings is 13. The van der Waals surface area contributed by atoms with E-state index in [2.05, 4.69) is 241 Å². The van der Waals surface area contributed by atoms with E-state index in [1.165, 1.54) is 109 Å². The van der Waals surface area contributed by atoms with Gasteiger partial charge in [0.15, 0.2) is 0 Å². The summed E-state index contributed by atoms with van der Waals surface area (Å²) in [5.41, 5.74) is 10.7. The maximum absolute atomic E-state index is 2.47. The van der Waals surface area contributed by atoms with E-state index in [9.17, 15) is 0 Å². The minimum Gasteiger partial charge on any atom is -0.310 e. The lowest BCUT2D eigenvalue weighted by Crippen LogP contribution is -2.10. The van der Waals surface area contributed by atoms with Crippen molar-refractivity contribution in [2.75, 3.05) is 4.90 Å². The van der Waals surface area contributed by atoms with Crippen molar-refractivity contribution < 1.29 is 0 Å². The number of hydrogen-bond donors (Lipinski definition) is 0. The van der Waals surface area contributed by atoms with Gasteiger partial charge in [0.2, 0.25) is 0 Å². The second kappa shape index (κ2) is 14.2.